The van der Waals surface area contributed by atoms with E-state index in [1.807, 2.05) is 37.3 Å². The van der Waals surface area contributed by atoms with E-state index in [2.05, 4.69) is 20.8 Å². The third-order valence-corrected chi connectivity index (χ3v) is 4.52. The van der Waals surface area contributed by atoms with Gasteiger partial charge < -0.3 is 9.80 Å². The number of likely N-dealkylation sites (N-methyl/N-ethyl adjacent to an activating group) is 1. The first kappa shape index (κ1) is 17.9. The van der Waals surface area contributed by atoms with E-state index in [4.69, 9.17) is 11.6 Å². The fraction of sp³-hybridized carbons (Fsp3) is 0.294. The number of fused-ring (bicyclic) bond motifs is 1. The summed E-state index contributed by atoms with van der Waals surface area (Å²) in [7, 11) is 1.60. The minimum Gasteiger partial charge on any atom is -0.322 e. The van der Waals surface area contributed by atoms with E-state index in [1.54, 1.807) is 24.2 Å². The number of aliphatic imine (C=N–C) groups is 1. The number of hydrazone groups is 1. The van der Waals surface area contributed by atoms with Gasteiger partial charge >= 0.3 is 6.03 Å². The maximum Gasteiger partial charge on any atom is 0.325 e. The standard InChI is InChI=1S/C17H19ClN6O2/c1-3-4-9-24-13-14(23(2)17(26)21-15(13)25)20-16(24)22-19-10-11-7-5-6-8-12(11)18/h3-8,10,13-14H,9H2,1-2H3,(H,20,22)(H,21,25,26)/b4-3+,19-10-. The summed E-state index contributed by atoms with van der Waals surface area (Å²) in [5.74, 6) is 0.0383. The lowest BCUT2D eigenvalue weighted by Gasteiger charge is -2.35. The Bertz CT molecular complexity index is 806. The molecule has 0 aromatic heterocycles. The Labute approximate surface area is 156 Å². The second-order valence-corrected chi connectivity index (χ2v) is 6.24. The fourth-order valence-corrected chi connectivity index (χ4v) is 2.96. The number of rotatable bonds is 4. The maximum atomic E-state index is 12.3. The lowest BCUT2D eigenvalue weighted by atomic mass is 10.1. The van der Waals surface area contributed by atoms with Gasteiger partial charge in [-0.25, -0.2) is 15.2 Å². The number of urea groups is 1. The normalized spacial score (nSPS) is 22.8. The van der Waals surface area contributed by atoms with Gasteiger partial charge in [0.15, 0.2) is 12.2 Å². The Hall–Kier alpha value is -2.87. The molecule has 2 heterocycles. The van der Waals surface area contributed by atoms with Gasteiger partial charge in [-0.3, -0.25) is 10.1 Å². The molecule has 1 aromatic rings. The number of allylic oxidation sites excluding steroid dienone is 1. The first-order chi connectivity index (χ1) is 12.5. The second-order valence-electron chi connectivity index (χ2n) is 5.83. The Morgan fingerprint density at radius 1 is 1.38 bits per heavy atom. The summed E-state index contributed by atoms with van der Waals surface area (Å²) < 4.78 is 0. The SMILES string of the molecule is C/C=C/CN1C(N/N=C\c2ccccc2Cl)=NC2C1C(=O)NC(=O)N2C. The highest BCUT2D eigenvalue weighted by Crippen LogP contribution is 2.23. The lowest BCUT2D eigenvalue weighted by molar-refractivity contribution is -0.126. The smallest absolute Gasteiger partial charge is 0.322 e. The Morgan fingerprint density at radius 2 is 2.15 bits per heavy atom. The quantitative estimate of drug-likeness (QED) is 0.473. The Balaban J connectivity index is 1.82. The van der Waals surface area contributed by atoms with Crippen molar-refractivity contribution < 1.29 is 9.59 Å². The largest absolute Gasteiger partial charge is 0.325 e. The molecular weight excluding hydrogens is 356 g/mol. The number of amides is 3. The molecule has 1 aromatic carbocycles. The van der Waals surface area contributed by atoms with E-state index in [0.29, 0.717) is 17.5 Å². The summed E-state index contributed by atoms with van der Waals surface area (Å²) in [5.41, 5.74) is 3.62. The number of halogens is 1. The van der Waals surface area contributed by atoms with Crippen molar-refractivity contribution >= 4 is 35.7 Å². The molecule has 8 nitrogen and oxygen atoms in total. The zero-order valence-electron chi connectivity index (χ0n) is 14.4. The molecule has 2 unspecified atom stereocenters. The van der Waals surface area contributed by atoms with Gasteiger partial charge in [-0.15, -0.1) is 0 Å². The van der Waals surface area contributed by atoms with Crippen LogP contribution in [0.4, 0.5) is 4.79 Å². The van der Waals surface area contributed by atoms with Crippen LogP contribution in [0.25, 0.3) is 0 Å². The number of nitrogens with one attached hydrogen (secondary N) is 2. The van der Waals surface area contributed by atoms with Crippen LogP contribution in [0.5, 0.6) is 0 Å². The highest BCUT2D eigenvalue weighted by molar-refractivity contribution is 6.33. The summed E-state index contributed by atoms with van der Waals surface area (Å²) in [6, 6.07) is 6.23. The summed E-state index contributed by atoms with van der Waals surface area (Å²) in [6.07, 6.45) is 4.77. The van der Waals surface area contributed by atoms with Crippen LogP contribution in [0.2, 0.25) is 5.02 Å². The van der Waals surface area contributed by atoms with Crippen molar-refractivity contribution in [2.45, 2.75) is 19.1 Å². The fourth-order valence-electron chi connectivity index (χ4n) is 2.78. The summed E-state index contributed by atoms with van der Waals surface area (Å²) >= 11 is 6.10. The van der Waals surface area contributed by atoms with E-state index >= 15 is 0 Å². The molecule has 26 heavy (non-hydrogen) atoms. The zero-order chi connectivity index (χ0) is 18.7. The predicted octanol–water partition coefficient (Wildman–Crippen LogP) is 1.39. The van der Waals surface area contributed by atoms with E-state index in [0.717, 1.165) is 5.56 Å². The number of hydrogen-bond donors (Lipinski definition) is 2. The molecule has 2 aliphatic rings. The molecule has 3 rings (SSSR count). The zero-order valence-corrected chi connectivity index (χ0v) is 15.1. The average Bonchev–Trinajstić information content (AvgIpc) is 2.99. The highest BCUT2D eigenvalue weighted by atomic mass is 35.5. The number of imide groups is 1. The second kappa shape index (κ2) is 7.57. The van der Waals surface area contributed by atoms with Crippen molar-refractivity contribution in [3.05, 3.63) is 47.0 Å². The average molecular weight is 375 g/mol. The molecule has 1 saturated heterocycles. The van der Waals surface area contributed by atoms with Gasteiger partial charge in [0.1, 0.15) is 0 Å². The Morgan fingerprint density at radius 3 is 2.88 bits per heavy atom. The molecule has 0 bridgehead atoms. The molecule has 136 valence electrons. The molecule has 0 spiro atoms. The van der Waals surface area contributed by atoms with Crippen molar-refractivity contribution in [2.75, 3.05) is 13.6 Å². The number of benzene rings is 1. The van der Waals surface area contributed by atoms with Crippen LogP contribution in [0, 0.1) is 0 Å². The minimum atomic E-state index is -0.605. The maximum absolute atomic E-state index is 12.3. The van der Waals surface area contributed by atoms with Crippen molar-refractivity contribution in [1.29, 1.82) is 0 Å². The molecule has 0 saturated carbocycles. The van der Waals surface area contributed by atoms with Gasteiger partial charge in [0.25, 0.3) is 5.91 Å². The number of guanidine groups is 1. The first-order valence-electron chi connectivity index (χ1n) is 8.09. The van der Waals surface area contributed by atoms with Crippen molar-refractivity contribution in [2.24, 2.45) is 10.1 Å². The van der Waals surface area contributed by atoms with Crippen molar-refractivity contribution in [1.82, 2.24) is 20.5 Å². The molecule has 3 amide bonds. The first-order valence-corrected chi connectivity index (χ1v) is 8.47. The number of hydrogen-bond acceptors (Lipinski definition) is 6. The summed E-state index contributed by atoms with van der Waals surface area (Å²) in [5, 5.41) is 7.10. The van der Waals surface area contributed by atoms with Crippen LogP contribution in [0.15, 0.2) is 46.5 Å². The van der Waals surface area contributed by atoms with E-state index in [1.165, 1.54) is 4.90 Å². The summed E-state index contributed by atoms with van der Waals surface area (Å²) in [6.45, 7) is 2.35. The van der Waals surface area contributed by atoms with E-state index in [9.17, 15) is 9.59 Å². The monoisotopic (exact) mass is 374 g/mol. The van der Waals surface area contributed by atoms with Gasteiger partial charge in [-0.1, -0.05) is 42.0 Å². The molecular formula is C17H19ClN6O2. The molecule has 1 fully saturated rings. The third-order valence-electron chi connectivity index (χ3n) is 4.17. The molecule has 9 heteroatoms. The van der Waals surface area contributed by atoms with Gasteiger partial charge in [-0.2, -0.15) is 5.10 Å². The Kier molecular flexibility index (Phi) is 5.22. The van der Waals surface area contributed by atoms with Gasteiger partial charge in [0.05, 0.1) is 6.21 Å². The number of carbonyl (C=O) groups is 2. The number of carbonyl (C=O) groups excluding carboxylic acids is 2. The van der Waals surface area contributed by atoms with Crippen LogP contribution < -0.4 is 10.7 Å². The van der Waals surface area contributed by atoms with Crippen molar-refractivity contribution in [3.8, 4) is 0 Å². The topological polar surface area (TPSA) is 89.4 Å². The van der Waals surface area contributed by atoms with Crippen LogP contribution in [-0.4, -0.2) is 59.7 Å². The summed E-state index contributed by atoms with van der Waals surface area (Å²) in [4.78, 5) is 31.8. The van der Waals surface area contributed by atoms with Crippen LogP contribution in [0.3, 0.4) is 0 Å². The van der Waals surface area contributed by atoms with Gasteiger partial charge in [0.2, 0.25) is 5.96 Å². The third kappa shape index (κ3) is 3.41. The molecule has 2 atom stereocenters. The van der Waals surface area contributed by atoms with Gasteiger partial charge in [-0.05, 0) is 13.0 Å². The van der Waals surface area contributed by atoms with E-state index in [-0.39, 0.29) is 5.91 Å². The van der Waals surface area contributed by atoms with Crippen LogP contribution >= 0.6 is 11.6 Å². The molecule has 2 N–H and O–H groups in total. The molecule has 0 radical (unpaired) electrons. The predicted molar refractivity (Wildman–Crippen MR) is 100 cm³/mol. The number of nitrogens with zero attached hydrogens (tertiary/aromatic N) is 4. The van der Waals surface area contributed by atoms with E-state index < -0.39 is 18.2 Å². The lowest BCUT2D eigenvalue weighted by Crippen LogP contribution is -2.64. The highest BCUT2D eigenvalue weighted by Gasteiger charge is 2.48. The van der Waals surface area contributed by atoms with Crippen LogP contribution in [-0.2, 0) is 4.79 Å². The molecule has 2 aliphatic heterocycles. The molecule has 0 aliphatic carbocycles. The van der Waals surface area contributed by atoms with Crippen molar-refractivity contribution in [3.63, 3.8) is 0 Å². The van der Waals surface area contributed by atoms with Gasteiger partial charge in [0, 0.05) is 24.2 Å². The minimum absolute atomic E-state index is 0.377. The van der Waals surface area contributed by atoms with Crippen LogP contribution in [0.1, 0.15) is 12.5 Å².